The summed E-state index contributed by atoms with van der Waals surface area (Å²) in [5.74, 6) is -0.345. The van der Waals surface area contributed by atoms with Gasteiger partial charge in [-0.15, -0.1) is 5.10 Å². The molecule has 0 bridgehead atoms. The maximum absolute atomic E-state index is 14.0. The molecule has 0 saturated heterocycles. The monoisotopic (exact) mass is 497 g/mol. The fourth-order valence-corrected chi connectivity index (χ4v) is 5.07. The summed E-state index contributed by atoms with van der Waals surface area (Å²) in [4.78, 5) is 35.9. The number of amides is 2. The minimum Gasteiger partial charge on any atom is -0.378 e. The topological polar surface area (TPSA) is 96.2 Å². The molecule has 0 unspecified atom stereocenters. The zero-order chi connectivity index (χ0) is 25.8. The van der Waals surface area contributed by atoms with E-state index >= 15 is 0 Å². The third-order valence-electron chi connectivity index (χ3n) is 7.08. The van der Waals surface area contributed by atoms with Crippen molar-refractivity contribution in [1.29, 1.82) is 0 Å². The van der Waals surface area contributed by atoms with Gasteiger partial charge in [-0.05, 0) is 60.9 Å². The summed E-state index contributed by atoms with van der Waals surface area (Å²) >= 11 is 0. The quantitative estimate of drug-likeness (QED) is 0.397. The van der Waals surface area contributed by atoms with E-state index in [1.165, 1.54) is 0 Å². The molecule has 1 aliphatic carbocycles. The molecule has 9 nitrogen and oxygen atoms in total. The Morgan fingerprint density at radius 2 is 1.76 bits per heavy atom. The Balaban J connectivity index is 1.46. The van der Waals surface area contributed by atoms with Gasteiger partial charge in [-0.2, -0.15) is 0 Å². The number of benzene rings is 2. The molecule has 2 heterocycles. The van der Waals surface area contributed by atoms with Gasteiger partial charge in [0.15, 0.2) is 0 Å². The van der Waals surface area contributed by atoms with Gasteiger partial charge in [0.1, 0.15) is 17.6 Å². The Morgan fingerprint density at radius 1 is 1.00 bits per heavy atom. The summed E-state index contributed by atoms with van der Waals surface area (Å²) < 4.78 is 1.61. The highest BCUT2D eigenvalue weighted by Crippen LogP contribution is 2.38. The SMILES string of the molecule is CN(C)c1ccc(NC(=O)C2(N(Cc3cccnc3)C(=O)Cn3nnc4ccccc43)CCCC2)cc1. The lowest BCUT2D eigenvalue weighted by Gasteiger charge is -2.40. The molecule has 1 N–H and O–H groups in total. The molecule has 4 aromatic rings. The number of pyridine rings is 1. The number of aromatic nitrogens is 4. The van der Waals surface area contributed by atoms with Crippen molar-refractivity contribution < 1.29 is 9.59 Å². The van der Waals surface area contributed by atoms with Crippen LogP contribution in [0, 0.1) is 0 Å². The molecule has 37 heavy (non-hydrogen) atoms. The summed E-state index contributed by atoms with van der Waals surface area (Å²) in [6.07, 6.45) is 6.38. The lowest BCUT2D eigenvalue weighted by Crippen LogP contribution is -2.57. The number of nitrogens with zero attached hydrogens (tertiary/aromatic N) is 6. The number of nitrogens with one attached hydrogen (secondary N) is 1. The fraction of sp³-hybridized carbons (Fsp3) is 0.321. The van der Waals surface area contributed by atoms with E-state index in [-0.39, 0.29) is 24.9 Å². The molecule has 0 radical (unpaired) electrons. The van der Waals surface area contributed by atoms with Crippen LogP contribution >= 0.6 is 0 Å². The number of carbonyl (C=O) groups is 2. The largest absolute Gasteiger partial charge is 0.378 e. The van der Waals surface area contributed by atoms with Crippen LogP contribution in [0.3, 0.4) is 0 Å². The molecular weight excluding hydrogens is 466 g/mol. The number of para-hydroxylation sites is 1. The molecule has 9 heteroatoms. The van der Waals surface area contributed by atoms with Crippen molar-refractivity contribution >= 4 is 34.2 Å². The predicted octanol–water partition coefficient (Wildman–Crippen LogP) is 3.87. The predicted molar refractivity (Wildman–Crippen MR) is 143 cm³/mol. The maximum atomic E-state index is 14.0. The molecule has 2 aromatic heterocycles. The minimum absolute atomic E-state index is 0.00661. The summed E-state index contributed by atoms with van der Waals surface area (Å²) in [7, 11) is 3.95. The molecule has 1 aliphatic rings. The first-order chi connectivity index (χ1) is 18.0. The van der Waals surface area contributed by atoms with Gasteiger partial charge >= 0.3 is 0 Å². The van der Waals surface area contributed by atoms with Crippen LogP contribution in [0.5, 0.6) is 0 Å². The molecule has 5 rings (SSSR count). The first-order valence-electron chi connectivity index (χ1n) is 12.5. The Bertz CT molecular complexity index is 1380. The van der Waals surface area contributed by atoms with Gasteiger partial charge < -0.3 is 15.1 Å². The van der Waals surface area contributed by atoms with Crippen molar-refractivity contribution in [3.63, 3.8) is 0 Å². The molecule has 0 aliphatic heterocycles. The van der Waals surface area contributed by atoms with Crippen molar-refractivity contribution in [2.75, 3.05) is 24.3 Å². The summed E-state index contributed by atoms with van der Waals surface area (Å²) in [6, 6.07) is 19.0. The van der Waals surface area contributed by atoms with E-state index in [4.69, 9.17) is 0 Å². The van der Waals surface area contributed by atoms with E-state index in [1.807, 2.05) is 79.7 Å². The van der Waals surface area contributed by atoms with Gasteiger partial charge in [0.05, 0.1) is 5.52 Å². The number of anilines is 2. The molecule has 0 atom stereocenters. The van der Waals surface area contributed by atoms with Crippen LogP contribution in [0.25, 0.3) is 11.0 Å². The van der Waals surface area contributed by atoms with Gasteiger partial charge in [0.25, 0.3) is 0 Å². The van der Waals surface area contributed by atoms with Crippen molar-refractivity contribution in [1.82, 2.24) is 24.9 Å². The summed E-state index contributed by atoms with van der Waals surface area (Å²) in [5, 5.41) is 11.5. The Morgan fingerprint density at radius 3 is 2.46 bits per heavy atom. The molecule has 1 fully saturated rings. The third-order valence-corrected chi connectivity index (χ3v) is 7.08. The van der Waals surface area contributed by atoms with Crippen molar-refractivity contribution in [3.05, 3.63) is 78.6 Å². The Kier molecular flexibility index (Phi) is 6.85. The van der Waals surface area contributed by atoms with E-state index in [9.17, 15) is 9.59 Å². The van der Waals surface area contributed by atoms with E-state index in [0.717, 1.165) is 35.1 Å². The summed E-state index contributed by atoms with van der Waals surface area (Å²) in [5.41, 5.74) is 3.16. The van der Waals surface area contributed by atoms with Crippen molar-refractivity contribution in [2.24, 2.45) is 0 Å². The molecule has 2 aromatic carbocycles. The van der Waals surface area contributed by atoms with Crippen LogP contribution in [0.4, 0.5) is 11.4 Å². The Labute approximate surface area is 216 Å². The molecule has 1 saturated carbocycles. The van der Waals surface area contributed by atoms with E-state index in [1.54, 1.807) is 22.0 Å². The van der Waals surface area contributed by atoms with Crippen LogP contribution in [-0.4, -0.2) is 56.3 Å². The molecule has 190 valence electrons. The van der Waals surface area contributed by atoms with Gasteiger partial charge in [0.2, 0.25) is 11.8 Å². The highest BCUT2D eigenvalue weighted by molar-refractivity contribution is 6.01. The average Bonchev–Trinajstić information content (AvgIpc) is 3.57. The van der Waals surface area contributed by atoms with Crippen LogP contribution in [0.2, 0.25) is 0 Å². The second kappa shape index (κ2) is 10.4. The van der Waals surface area contributed by atoms with Crippen LogP contribution < -0.4 is 10.2 Å². The van der Waals surface area contributed by atoms with Gasteiger partial charge in [-0.3, -0.25) is 14.6 Å². The van der Waals surface area contributed by atoms with E-state index in [2.05, 4.69) is 20.6 Å². The van der Waals surface area contributed by atoms with Gasteiger partial charge in [0, 0.05) is 44.4 Å². The average molecular weight is 498 g/mol. The minimum atomic E-state index is -0.969. The molecular formula is C28H31N7O2. The van der Waals surface area contributed by atoms with Gasteiger partial charge in [-0.25, -0.2) is 4.68 Å². The zero-order valence-electron chi connectivity index (χ0n) is 21.2. The standard InChI is InChI=1S/C28H31N7O2/c1-33(2)23-13-11-22(12-14-23)30-27(37)28(15-5-6-16-28)34(19-21-8-7-17-29-18-21)26(36)20-35-25-10-4-3-9-24(25)31-32-35/h3-4,7-14,17-18H,5-6,15-16,19-20H2,1-2H3,(H,30,37). The Hall–Kier alpha value is -4.27. The zero-order valence-corrected chi connectivity index (χ0v) is 21.2. The van der Waals surface area contributed by atoms with Crippen LogP contribution in [-0.2, 0) is 22.7 Å². The van der Waals surface area contributed by atoms with Crippen LogP contribution in [0.1, 0.15) is 31.2 Å². The van der Waals surface area contributed by atoms with Crippen molar-refractivity contribution in [2.45, 2.75) is 44.3 Å². The number of hydrogen-bond acceptors (Lipinski definition) is 6. The number of carbonyl (C=O) groups excluding carboxylic acids is 2. The highest BCUT2D eigenvalue weighted by atomic mass is 16.2. The summed E-state index contributed by atoms with van der Waals surface area (Å²) in [6.45, 7) is 0.277. The number of fused-ring (bicyclic) bond motifs is 1. The maximum Gasteiger partial charge on any atom is 0.250 e. The van der Waals surface area contributed by atoms with E-state index < -0.39 is 5.54 Å². The molecule has 0 spiro atoms. The van der Waals surface area contributed by atoms with Crippen molar-refractivity contribution in [3.8, 4) is 0 Å². The van der Waals surface area contributed by atoms with Crippen LogP contribution in [0.15, 0.2) is 73.1 Å². The second-order valence-electron chi connectivity index (χ2n) is 9.71. The smallest absolute Gasteiger partial charge is 0.250 e. The highest BCUT2D eigenvalue weighted by Gasteiger charge is 2.48. The lowest BCUT2D eigenvalue weighted by atomic mass is 9.92. The first kappa shape index (κ1) is 24.4. The number of rotatable bonds is 8. The third kappa shape index (κ3) is 5.02. The first-order valence-corrected chi connectivity index (χ1v) is 12.5. The normalized spacial score (nSPS) is 14.4. The van der Waals surface area contributed by atoms with E-state index in [0.29, 0.717) is 18.5 Å². The number of hydrogen-bond donors (Lipinski definition) is 1. The second-order valence-corrected chi connectivity index (χ2v) is 9.71. The molecule has 2 amide bonds. The van der Waals surface area contributed by atoms with Gasteiger partial charge in [-0.1, -0.05) is 36.3 Å². The lowest BCUT2D eigenvalue weighted by molar-refractivity contribution is -0.147. The fourth-order valence-electron chi connectivity index (χ4n) is 5.07.